The Bertz CT molecular complexity index is 22.5. The summed E-state index contributed by atoms with van der Waals surface area (Å²) in [6.45, 7) is 7.79. The van der Waals surface area contributed by atoms with Crippen molar-refractivity contribution in [2.75, 3.05) is 13.2 Å². The number of hydrogen-bond donors (Lipinski definition) is 0. The van der Waals surface area contributed by atoms with Gasteiger partial charge in [-0.3, -0.25) is 0 Å². The number of rotatable bonds is 2. The summed E-state index contributed by atoms with van der Waals surface area (Å²) in [5.74, 6) is 0. The summed E-state index contributed by atoms with van der Waals surface area (Å²) in [7, 11) is 2.12. The Morgan fingerprint density at radius 3 is 1.38 bits per heavy atom. The highest BCUT2D eigenvalue weighted by Crippen LogP contribution is 1.64. The molecule has 8 heavy (non-hydrogen) atoms. The molecule has 0 rings (SSSR count). The SMILES string of the molecule is BCC.CCOCC. The van der Waals surface area contributed by atoms with Gasteiger partial charge in [0.05, 0.1) is 0 Å². The van der Waals surface area contributed by atoms with Gasteiger partial charge >= 0.3 is 0 Å². The van der Waals surface area contributed by atoms with Crippen LogP contribution in [0.25, 0.3) is 0 Å². The maximum Gasteiger partial charge on any atom is 0.101 e. The fourth-order valence-corrected chi connectivity index (χ4v) is 0.204. The highest BCUT2D eigenvalue weighted by atomic mass is 16.5. The summed E-state index contributed by atoms with van der Waals surface area (Å²) in [5.41, 5.74) is 0. The molecule has 0 aliphatic carbocycles. The zero-order chi connectivity index (χ0) is 6.83. The minimum Gasteiger partial charge on any atom is -0.382 e. The molecular weight excluding hydrogens is 98.9 g/mol. The molecular formula is C6H17BO. The maximum atomic E-state index is 4.83. The molecule has 0 N–H and O–H groups in total. The van der Waals surface area contributed by atoms with Gasteiger partial charge in [0.1, 0.15) is 7.85 Å². The second-order valence-electron chi connectivity index (χ2n) is 1.49. The van der Waals surface area contributed by atoms with Gasteiger partial charge in [-0.25, -0.2) is 0 Å². The van der Waals surface area contributed by atoms with E-state index in [-0.39, 0.29) is 0 Å². The molecule has 0 aliphatic heterocycles. The fraction of sp³-hybridized carbons (Fsp3) is 1.00. The predicted octanol–water partition coefficient (Wildman–Crippen LogP) is 1.10. The zero-order valence-corrected chi connectivity index (χ0v) is 6.53. The van der Waals surface area contributed by atoms with Crippen molar-refractivity contribution in [3.8, 4) is 0 Å². The van der Waals surface area contributed by atoms with Crippen molar-refractivity contribution in [1.29, 1.82) is 0 Å². The van der Waals surface area contributed by atoms with Crippen LogP contribution in [-0.4, -0.2) is 21.1 Å². The molecule has 0 aromatic rings. The van der Waals surface area contributed by atoms with Crippen molar-refractivity contribution in [2.45, 2.75) is 27.1 Å². The van der Waals surface area contributed by atoms with Crippen LogP contribution in [0.4, 0.5) is 0 Å². The molecule has 0 spiro atoms. The van der Waals surface area contributed by atoms with Gasteiger partial charge in [-0.2, -0.15) is 0 Å². The van der Waals surface area contributed by atoms with Crippen LogP contribution in [0, 0.1) is 0 Å². The number of ether oxygens (including phenoxy) is 1. The van der Waals surface area contributed by atoms with E-state index in [1.807, 2.05) is 13.8 Å². The van der Waals surface area contributed by atoms with Crippen molar-refractivity contribution in [2.24, 2.45) is 0 Å². The summed E-state index contributed by atoms with van der Waals surface area (Å²) in [4.78, 5) is 0. The monoisotopic (exact) mass is 116 g/mol. The van der Waals surface area contributed by atoms with Crippen molar-refractivity contribution in [1.82, 2.24) is 0 Å². The van der Waals surface area contributed by atoms with Crippen molar-refractivity contribution >= 4 is 7.85 Å². The summed E-state index contributed by atoms with van der Waals surface area (Å²) in [5, 5.41) is 0. The lowest BCUT2D eigenvalue weighted by atomic mass is 10.1. The molecule has 1 nitrogen and oxygen atoms in total. The van der Waals surface area contributed by atoms with Crippen molar-refractivity contribution < 1.29 is 4.74 Å². The van der Waals surface area contributed by atoms with E-state index in [4.69, 9.17) is 4.74 Å². The normalized spacial score (nSPS) is 7.38. The van der Waals surface area contributed by atoms with Crippen LogP contribution in [0.5, 0.6) is 0 Å². The summed E-state index contributed by atoms with van der Waals surface area (Å²) >= 11 is 0. The molecule has 0 aliphatic rings. The lowest BCUT2D eigenvalue weighted by Gasteiger charge is -1.86. The molecule has 0 aromatic carbocycles. The number of hydrogen-bond acceptors (Lipinski definition) is 1. The summed E-state index contributed by atoms with van der Waals surface area (Å²) in [6, 6.07) is 0. The largest absolute Gasteiger partial charge is 0.382 e. The Kier molecular flexibility index (Phi) is 21.5. The van der Waals surface area contributed by atoms with Gasteiger partial charge in [-0.05, 0) is 13.8 Å². The first-order valence-corrected chi connectivity index (χ1v) is 3.41. The molecule has 0 bridgehead atoms. The third kappa shape index (κ3) is 37.1. The summed E-state index contributed by atoms with van der Waals surface area (Å²) < 4.78 is 4.83. The van der Waals surface area contributed by atoms with E-state index in [9.17, 15) is 0 Å². The second-order valence-corrected chi connectivity index (χ2v) is 1.49. The van der Waals surface area contributed by atoms with Crippen LogP contribution in [0.3, 0.4) is 0 Å². The first-order chi connectivity index (χ1) is 3.83. The lowest BCUT2D eigenvalue weighted by Crippen LogP contribution is -1.84. The van der Waals surface area contributed by atoms with Crippen molar-refractivity contribution in [3.05, 3.63) is 0 Å². The Morgan fingerprint density at radius 2 is 1.38 bits per heavy atom. The quantitative estimate of drug-likeness (QED) is 0.491. The van der Waals surface area contributed by atoms with E-state index in [0.29, 0.717) is 0 Å². The Morgan fingerprint density at radius 1 is 1.12 bits per heavy atom. The van der Waals surface area contributed by atoms with Gasteiger partial charge in [0.25, 0.3) is 0 Å². The van der Waals surface area contributed by atoms with Crippen LogP contribution in [0.1, 0.15) is 20.8 Å². The average Bonchev–Trinajstić information content (AvgIpc) is 1.71. The van der Waals surface area contributed by atoms with Gasteiger partial charge in [0, 0.05) is 13.2 Å². The van der Waals surface area contributed by atoms with Crippen LogP contribution < -0.4 is 0 Å². The smallest absolute Gasteiger partial charge is 0.101 e. The van der Waals surface area contributed by atoms with Gasteiger partial charge in [0.15, 0.2) is 0 Å². The molecule has 2 heteroatoms. The van der Waals surface area contributed by atoms with Crippen LogP contribution in [0.15, 0.2) is 0 Å². The second kappa shape index (κ2) is 15.7. The molecule has 0 atom stereocenters. The Labute approximate surface area is 53.8 Å². The third-order valence-electron chi connectivity index (χ3n) is 0.408. The van der Waals surface area contributed by atoms with E-state index in [0.717, 1.165) is 13.2 Å². The topological polar surface area (TPSA) is 9.23 Å². The molecule has 0 unspecified atom stereocenters. The minimum absolute atomic E-state index is 0.844. The van der Waals surface area contributed by atoms with Crippen LogP contribution >= 0.6 is 0 Å². The fourth-order valence-electron chi connectivity index (χ4n) is 0.204. The molecule has 0 heterocycles. The molecule has 0 aromatic heterocycles. The minimum atomic E-state index is 0.844. The molecule has 0 saturated heterocycles. The molecule has 0 amide bonds. The zero-order valence-electron chi connectivity index (χ0n) is 6.53. The highest BCUT2D eigenvalue weighted by molar-refractivity contribution is 6.08. The molecule has 0 radical (unpaired) electrons. The third-order valence-corrected chi connectivity index (χ3v) is 0.408. The Balaban J connectivity index is 0. The average molecular weight is 116 g/mol. The van der Waals surface area contributed by atoms with Gasteiger partial charge in [-0.1, -0.05) is 13.2 Å². The maximum absolute atomic E-state index is 4.83. The van der Waals surface area contributed by atoms with Crippen LogP contribution in [-0.2, 0) is 4.74 Å². The Hall–Kier alpha value is 0.0249. The molecule has 0 saturated carbocycles. The van der Waals surface area contributed by atoms with E-state index in [2.05, 4.69) is 14.8 Å². The van der Waals surface area contributed by atoms with Gasteiger partial charge in [0.2, 0.25) is 0 Å². The van der Waals surface area contributed by atoms with E-state index < -0.39 is 0 Å². The first kappa shape index (κ1) is 10.9. The van der Waals surface area contributed by atoms with Crippen molar-refractivity contribution in [3.63, 3.8) is 0 Å². The standard InChI is InChI=1S/C4H10O.C2H7B/c1-3-5-4-2;1-2-3/h3-4H2,1-2H3;2-3H2,1H3. The van der Waals surface area contributed by atoms with E-state index in [1.54, 1.807) is 0 Å². The highest BCUT2D eigenvalue weighted by Gasteiger charge is 1.64. The van der Waals surface area contributed by atoms with E-state index in [1.165, 1.54) is 6.32 Å². The van der Waals surface area contributed by atoms with Crippen LogP contribution in [0.2, 0.25) is 6.32 Å². The van der Waals surface area contributed by atoms with E-state index >= 15 is 0 Å². The first-order valence-electron chi connectivity index (χ1n) is 3.41. The lowest BCUT2D eigenvalue weighted by molar-refractivity contribution is 0.162. The molecule has 50 valence electrons. The van der Waals surface area contributed by atoms with Gasteiger partial charge < -0.3 is 4.74 Å². The van der Waals surface area contributed by atoms with Gasteiger partial charge in [-0.15, -0.1) is 0 Å². The molecule has 0 fully saturated rings. The predicted molar refractivity (Wildman–Crippen MR) is 41.2 cm³/mol. The summed E-state index contributed by atoms with van der Waals surface area (Å²) in [6.07, 6.45) is 1.25.